The first-order valence-corrected chi connectivity index (χ1v) is 5.45. The van der Waals surface area contributed by atoms with Crippen LogP contribution in [0.3, 0.4) is 0 Å². The summed E-state index contributed by atoms with van der Waals surface area (Å²) in [5.41, 5.74) is 0.684. The van der Waals surface area contributed by atoms with Gasteiger partial charge in [0, 0.05) is 5.56 Å². The molecule has 2 aromatic rings. The van der Waals surface area contributed by atoms with Crippen LogP contribution >= 0.6 is 0 Å². The summed E-state index contributed by atoms with van der Waals surface area (Å²) in [6, 6.07) is 9.17. The molecule has 0 heterocycles. The molecule has 3 heteroatoms. The fourth-order valence-electron chi connectivity index (χ4n) is 1.98. The highest BCUT2D eigenvalue weighted by molar-refractivity contribution is 6.00. The number of hydrogen-bond donors (Lipinski definition) is 0. The molecule has 90 valence electrons. The van der Waals surface area contributed by atoms with Crippen LogP contribution in [-0.2, 0) is 0 Å². The standard InChI is InChI=1S/C15H12O3/c1-3-8-18-13-9-11-6-4-5-7-12(11)10(2)14(13)15(16)17/h1,4-7,9H,8H2,2H3,(H,16,17)/p-1. The fraction of sp³-hybridized carbons (Fsp3) is 0.133. The Bertz CT molecular complexity index is 651. The van der Waals surface area contributed by atoms with Gasteiger partial charge >= 0.3 is 0 Å². The SMILES string of the molecule is C#CCOc1cc2ccccc2c(C)c1C(=O)[O-]. The van der Waals surface area contributed by atoms with Crippen molar-refractivity contribution >= 4 is 16.7 Å². The zero-order valence-electron chi connectivity index (χ0n) is 9.90. The Balaban J connectivity index is 2.71. The predicted octanol–water partition coefficient (Wildman–Crippen LogP) is 1.52. The number of aryl methyl sites for hydroxylation is 1. The molecule has 0 aliphatic heterocycles. The molecule has 2 aromatic carbocycles. The number of aromatic carboxylic acids is 1. The smallest absolute Gasteiger partial charge is 0.148 e. The first-order valence-electron chi connectivity index (χ1n) is 5.45. The number of benzene rings is 2. The van der Waals surface area contributed by atoms with Crippen LogP contribution in [-0.4, -0.2) is 12.6 Å². The highest BCUT2D eigenvalue weighted by Crippen LogP contribution is 2.30. The molecule has 0 spiro atoms. The predicted molar refractivity (Wildman–Crippen MR) is 67.3 cm³/mol. The van der Waals surface area contributed by atoms with Crippen LogP contribution < -0.4 is 9.84 Å². The van der Waals surface area contributed by atoms with Gasteiger partial charge in [-0.1, -0.05) is 30.2 Å². The lowest BCUT2D eigenvalue weighted by Crippen LogP contribution is -2.24. The largest absolute Gasteiger partial charge is 0.545 e. The van der Waals surface area contributed by atoms with Crippen molar-refractivity contribution in [2.24, 2.45) is 0 Å². The van der Waals surface area contributed by atoms with Gasteiger partial charge in [0.1, 0.15) is 12.4 Å². The minimum Gasteiger partial charge on any atom is -0.545 e. The summed E-state index contributed by atoms with van der Waals surface area (Å²) in [5, 5.41) is 13.0. The maximum absolute atomic E-state index is 11.2. The topological polar surface area (TPSA) is 49.4 Å². The molecular formula is C15H11O3-. The second kappa shape index (κ2) is 4.80. The van der Waals surface area contributed by atoms with Gasteiger partial charge in [0.25, 0.3) is 0 Å². The van der Waals surface area contributed by atoms with E-state index in [-0.39, 0.29) is 17.9 Å². The molecule has 0 fully saturated rings. The Labute approximate surface area is 105 Å². The molecule has 18 heavy (non-hydrogen) atoms. The first-order chi connectivity index (χ1) is 8.65. The second-order valence-corrected chi connectivity index (χ2v) is 3.88. The molecule has 0 aliphatic carbocycles. The highest BCUT2D eigenvalue weighted by atomic mass is 16.5. The van der Waals surface area contributed by atoms with Gasteiger partial charge in [-0.3, -0.25) is 0 Å². The van der Waals surface area contributed by atoms with Gasteiger partial charge in [-0.15, -0.1) is 6.42 Å². The number of terminal acetylenes is 1. The Hall–Kier alpha value is -2.47. The lowest BCUT2D eigenvalue weighted by Gasteiger charge is -2.16. The maximum atomic E-state index is 11.2. The summed E-state index contributed by atoms with van der Waals surface area (Å²) >= 11 is 0. The van der Waals surface area contributed by atoms with E-state index in [2.05, 4.69) is 5.92 Å². The molecule has 0 bridgehead atoms. The van der Waals surface area contributed by atoms with Crippen LogP contribution in [0.25, 0.3) is 10.8 Å². The Kier molecular flexibility index (Phi) is 3.20. The van der Waals surface area contributed by atoms with Crippen LogP contribution in [0, 0.1) is 19.3 Å². The summed E-state index contributed by atoms with van der Waals surface area (Å²) in [7, 11) is 0. The van der Waals surface area contributed by atoms with Gasteiger partial charge < -0.3 is 14.6 Å². The van der Waals surface area contributed by atoms with Crippen molar-refractivity contribution in [2.75, 3.05) is 6.61 Å². The number of carboxylic acid groups (broad SMARTS) is 1. The van der Waals surface area contributed by atoms with E-state index >= 15 is 0 Å². The van der Waals surface area contributed by atoms with Crippen molar-refractivity contribution in [1.29, 1.82) is 0 Å². The summed E-state index contributed by atoms with van der Waals surface area (Å²) in [4.78, 5) is 11.2. The molecule has 0 unspecified atom stereocenters. The number of carbonyl (C=O) groups is 1. The van der Waals surface area contributed by atoms with E-state index in [9.17, 15) is 9.90 Å². The van der Waals surface area contributed by atoms with Gasteiger partial charge in [-0.2, -0.15) is 0 Å². The fourth-order valence-corrected chi connectivity index (χ4v) is 1.98. The summed E-state index contributed by atoms with van der Waals surface area (Å²) in [5.74, 6) is 1.31. The minimum absolute atomic E-state index is 0.0259. The molecule has 0 aromatic heterocycles. The van der Waals surface area contributed by atoms with Crippen molar-refractivity contribution < 1.29 is 14.6 Å². The van der Waals surface area contributed by atoms with E-state index in [1.54, 1.807) is 13.0 Å². The van der Waals surface area contributed by atoms with Crippen molar-refractivity contribution in [1.82, 2.24) is 0 Å². The number of carbonyl (C=O) groups excluding carboxylic acids is 1. The van der Waals surface area contributed by atoms with Gasteiger partial charge in [0.15, 0.2) is 0 Å². The van der Waals surface area contributed by atoms with Crippen molar-refractivity contribution in [3.63, 3.8) is 0 Å². The second-order valence-electron chi connectivity index (χ2n) is 3.88. The van der Waals surface area contributed by atoms with Gasteiger partial charge in [-0.25, -0.2) is 0 Å². The van der Waals surface area contributed by atoms with Crippen LogP contribution in [0.4, 0.5) is 0 Å². The molecule has 0 saturated heterocycles. The molecule has 3 nitrogen and oxygen atoms in total. The van der Waals surface area contributed by atoms with E-state index in [0.717, 1.165) is 10.8 Å². The van der Waals surface area contributed by atoms with Crippen LogP contribution in [0.15, 0.2) is 30.3 Å². The summed E-state index contributed by atoms with van der Waals surface area (Å²) < 4.78 is 5.28. The minimum atomic E-state index is -1.26. The molecule has 0 saturated carbocycles. The molecule has 0 amide bonds. The van der Waals surface area contributed by atoms with E-state index in [1.165, 1.54) is 0 Å². The quantitative estimate of drug-likeness (QED) is 0.763. The molecular weight excluding hydrogens is 228 g/mol. The number of fused-ring (bicyclic) bond motifs is 1. The Morgan fingerprint density at radius 3 is 2.83 bits per heavy atom. The third-order valence-electron chi connectivity index (χ3n) is 2.79. The van der Waals surface area contributed by atoms with E-state index < -0.39 is 5.97 Å². The van der Waals surface area contributed by atoms with Gasteiger partial charge in [-0.05, 0) is 29.3 Å². The first kappa shape index (κ1) is 12.0. The molecule has 0 radical (unpaired) electrons. The number of ether oxygens (including phenoxy) is 1. The highest BCUT2D eigenvalue weighted by Gasteiger charge is 2.12. The van der Waals surface area contributed by atoms with Crippen LogP contribution in [0.5, 0.6) is 5.75 Å². The molecule has 2 rings (SSSR count). The average molecular weight is 239 g/mol. The van der Waals surface area contributed by atoms with Crippen molar-refractivity contribution in [3.05, 3.63) is 41.5 Å². The van der Waals surface area contributed by atoms with E-state index in [1.807, 2.05) is 24.3 Å². The van der Waals surface area contributed by atoms with Crippen LogP contribution in [0.1, 0.15) is 15.9 Å². The Morgan fingerprint density at radius 1 is 1.44 bits per heavy atom. The third-order valence-corrected chi connectivity index (χ3v) is 2.79. The summed E-state index contributed by atoms with van der Waals surface area (Å²) in [6.07, 6.45) is 5.12. The number of hydrogen-bond acceptors (Lipinski definition) is 3. The molecule has 0 atom stereocenters. The monoisotopic (exact) mass is 239 g/mol. The summed E-state index contributed by atoms with van der Waals surface area (Å²) in [6.45, 7) is 1.76. The zero-order chi connectivity index (χ0) is 13.1. The normalized spacial score (nSPS) is 10.0. The average Bonchev–Trinajstić information content (AvgIpc) is 2.36. The van der Waals surface area contributed by atoms with Crippen molar-refractivity contribution in [3.8, 4) is 18.1 Å². The third kappa shape index (κ3) is 2.01. The lowest BCUT2D eigenvalue weighted by atomic mass is 9.99. The van der Waals surface area contributed by atoms with Crippen LogP contribution in [0.2, 0.25) is 0 Å². The van der Waals surface area contributed by atoms with Gasteiger partial charge in [0.2, 0.25) is 0 Å². The molecule has 0 N–H and O–H groups in total. The van der Waals surface area contributed by atoms with Crippen molar-refractivity contribution in [2.45, 2.75) is 6.92 Å². The van der Waals surface area contributed by atoms with Gasteiger partial charge in [0.05, 0.1) is 5.97 Å². The van der Waals surface area contributed by atoms with E-state index in [0.29, 0.717) is 5.56 Å². The number of rotatable bonds is 3. The molecule has 0 aliphatic rings. The lowest BCUT2D eigenvalue weighted by molar-refractivity contribution is -0.255. The zero-order valence-corrected chi connectivity index (χ0v) is 9.90. The van der Waals surface area contributed by atoms with E-state index in [4.69, 9.17) is 11.2 Å². The maximum Gasteiger partial charge on any atom is 0.148 e. The number of carboxylic acids is 1. The Morgan fingerprint density at radius 2 is 2.17 bits per heavy atom.